The largest absolute Gasteiger partial charge is 0.507 e. The number of rotatable bonds is 11. The molecule has 0 heterocycles. The van der Waals surface area contributed by atoms with E-state index < -0.39 is 35.6 Å². The predicted molar refractivity (Wildman–Crippen MR) is 155 cm³/mol. The maximum absolute atomic E-state index is 14.0. The van der Waals surface area contributed by atoms with Crippen molar-refractivity contribution in [3.05, 3.63) is 58.1 Å². The van der Waals surface area contributed by atoms with Crippen LogP contribution >= 0.6 is 11.6 Å². The Hall–Kier alpha value is -3.26. The van der Waals surface area contributed by atoms with Crippen LogP contribution in [0.2, 0.25) is 5.02 Å². The van der Waals surface area contributed by atoms with E-state index in [1.807, 2.05) is 13.0 Å². The Balaban J connectivity index is 2.54. The fraction of sp³-hybridized carbons (Fsp3) is 0.500. The van der Waals surface area contributed by atoms with Gasteiger partial charge in [0.25, 0.3) is 5.91 Å². The number of halogens is 1. The minimum atomic E-state index is -1.18. The van der Waals surface area contributed by atoms with E-state index >= 15 is 0 Å². The number of hydrogen-bond acceptors (Lipinski definition) is 5. The van der Waals surface area contributed by atoms with Gasteiger partial charge >= 0.3 is 6.09 Å². The number of carbonyl (C=O) groups is 3. The molecule has 2 aromatic carbocycles. The maximum Gasteiger partial charge on any atom is 0.408 e. The highest BCUT2D eigenvalue weighted by molar-refractivity contribution is 6.34. The van der Waals surface area contributed by atoms with Crippen molar-refractivity contribution in [1.82, 2.24) is 10.2 Å². The summed E-state index contributed by atoms with van der Waals surface area (Å²) in [7, 11) is 0. The van der Waals surface area contributed by atoms with Gasteiger partial charge in [-0.25, -0.2) is 4.79 Å². The van der Waals surface area contributed by atoms with Gasteiger partial charge in [0.05, 0.1) is 10.7 Å². The molecule has 0 bridgehead atoms. The highest BCUT2D eigenvalue weighted by atomic mass is 35.5. The van der Waals surface area contributed by atoms with Gasteiger partial charge in [-0.05, 0) is 65.2 Å². The number of phenols is 1. The van der Waals surface area contributed by atoms with E-state index in [4.69, 9.17) is 16.3 Å². The highest BCUT2D eigenvalue weighted by Gasteiger charge is 2.36. The average Bonchev–Trinajstić information content (AvgIpc) is 2.84. The number of aromatic hydroxyl groups is 1. The summed E-state index contributed by atoms with van der Waals surface area (Å²) in [5.74, 6) is -1.08. The molecule has 3 amide bonds. The molecule has 214 valence electrons. The van der Waals surface area contributed by atoms with Crippen LogP contribution in [0, 0.1) is 13.8 Å². The number of hydrogen-bond donors (Lipinski definition) is 3. The number of aryl methyl sites for hydroxylation is 2. The summed E-state index contributed by atoms with van der Waals surface area (Å²) in [5.41, 5.74) is 1.29. The molecule has 0 radical (unpaired) electrons. The lowest BCUT2D eigenvalue weighted by Gasteiger charge is -2.34. The van der Waals surface area contributed by atoms with Gasteiger partial charge in [-0.3, -0.25) is 9.59 Å². The molecule has 2 aromatic rings. The second-order valence-corrected chi connectivity index (χ2v) is 11.2. The molecule has 2 atom stereocenters. The van der Waals surface area contributed by atoms with E-state index in [-0.39, 0.29) is 17.9 Å². The van der Waals surface area contributed by atoms with Crippen molar-refractivity contribution in [2.75, 3.05) is 11.9 Å². The third-order valence-electron chi connectivity index (χ3n) is 6.23. The number of anilines is 1. The summed E-state index contributed by atoms with van der Waals surface area (Å²) < 4.78 is 5.33. The molecule has 0 aliphatic carbocycles. The van der Waals surface area contributed by atoms with Crippen molar-refractivity contribution >= 4 is 35.2 Å². The number of nitrogens with zero attached hydrogens (tertiary/aromatic N) is 1. The SMILES string of the molecule is CCCCCCN(C(=O)C(C)NC(=O)OC(C)(C)C)C(C(=O)Nc1c(C)cccc1Cl)c1cccc(C)c1O. The quantitative estimate of drug-likeness (QED) is 0.267. The normalized spacial score (nSPS) is 12.8. The van der Waals surface area contributed by atoms with Crippen molar-refractivity contribution in [3.8, 4) is 5.75 Å². The summed E-state index contributed by atoms with van der Waals surface area (Å²) in [5, 5.41) is 16.8. The van der Waals surface area contributed by atoms with Crippen LogP contribution in [0.1, 0.15) is 83.0 Å². The molecule has 0 aromatic heterocycles. The zero-order chi connectivity index (χ0) is 29.3. The molecule has 2 rings (SSSR count). The molecular weight excluding hydrogens is 518 g/mol. The molecule has 39 heavy (non-hydrogen) atoms. The van der Waals surface area contributed by atoms with Crippen LogP contribution < -0.4 is 10.6 Å². The first kappa shape index (κ1) is 32.0. The number of amides is 3. The lowest BCUT2D eigenvalue weighted by atomic mass is 9.98. The van der Waals surface area contributed by atoms with Gasteiger partial charge in [0.2, 0.25) is 5.91 Å². The molecule has 0 aliphatic rings. The zero-order valence-electron chi connectivity index (χ0n) is 24.1. The predicted octanol–water partition coefficient (Wildman–Crippen LogP) is 6.66. The second-order valence-electron chi connectivity index (χ2n) is 10.8. The smallest absolute Gasteiger partial charge is 0.408 e. The zero-order valence-corrected chi connectivity index (χ0v) is 24.8. The lowest BCUT2D eigenvalue weighted by Crippen LogP contribution is -2.51. The molecular formula is C30H42ClN3O5. The van der Waals surface area contributed by atoms with E-state index in [0.29, 0.717) is 22.7 Å². The van der Waals surface area contributed by atoms with Gasteiger partial charge in [0.1, 0.15) is 23.4 Å². The minimum Gasteiger partial charge on any atom is -0.507 e. The van der Waals surface area contributed by atoms with Crippen molar-refractivity contribution in [2.45, 2.75) is 91.8 Å². The third-order valence-corrected chi connectivity index (χ3v) is 6.55. The van der Waals surface area contributed by atoms with Gasteiger partial charge < -0.3 is 25.4 Å². The lowest BCUT2D eigenvalue weighted by molar-refractivity contribution is -0.140. The molecule has 0 saturated heterocycles. The number of ether oxygens (including phenoxy) is 1. The van der Waals surface area contributed by atoms with E-state index in [2.05, 4.69) is 17.6 Å². The second kappa shape index (κ2) is 14.2. The maximum atomic E-state index is 14.0. The van der Waals surface area contributed by atoms with Gasteiger partial charge in [-0.2, -0.15) is 0 Å². The van der Waals surface area contributed by atoms with Crippen molar-refractivity contribution in [1.29, 1.82) is 0 Å². The molecule has 8 nitrogen and oxygen atoms in total. The Labute approximate surface area is 237 Å². The number of nitrogens with one attached hydrogen (secondary N) is 2. The molecule has 0 fully saturated rings. The van der Waals surface area contributed by atoms with Gasteiger partial charge in [0, 0.05) is 12.1 Å². The summed E-state index contributed by atoms with van der Waals surface area (Å²) in [6, 6.07) is 8.19. The average molecular weight is 560 g/mol. The summed E-state index contributed by atoms with van der Waals surface area (Å²) in [4.78, 5) is 41.7. The first-order chi connectivity index (χ1) is 18.3. The van der Waals surface area contributed by atoms with Crippen molar-refractivity contribution in [3.63, 3.8) is 0 Å². The van der Waals surface area contributed by atoms with Crippen LogP contribution in [-0.2, 0) is 14.3 Å². The molecule has 9 heteroatoms. The van der Waals surface area contributed by atoms with Crippen molar-refractivity contribution < 1.29 is 24.2 Å². The summed E-state index contributed by atoms with van der Waals surface area (Å²) in [6.45, 7) is 12.6. The monoisotopic (exact) mass is 559 g/mol. The standard InChI is InChI=1S/C30H42ClN3O5/c1-8-9-10-11-18-34(28(37)21(4)32-29(38)39-30(5,6)7)25(22-16-12-15-20(3)26(22)35)27(36)33-24-19(2)14-13-17-23(24)31/h12-17,21,25,35H,8-11,18H2,1-7H3,(H,32,38)(H,33,36). The van der Waals surface area contributed by atoms with Crippen LogP contribution in [0.5, 0.6) is 5.75 Å². The summed E-state index contributed by atoms with van der Waals surface area (Å²) in [6.07, 6.45) is 2.73. The van der Waals surface area contributed by atoms with Crippen LogP contribution in [0.4, 0.5) is 10.5 Å². The van der Waals surface area contributed by atoms with Crippen molar-refractivity contribution in [2.24, 2.45) is 0 Å². The number of para-hydroxylation sites is 2. The molecule has 0 aliphatic heterocycles. The van der Waals surface area contributed by atoms with E-state index in [1.165, 1.54) is 4.90 Å². The van der Waals surface area contributed by atoms with Crippen LogP contribution in [-0.4, -0.2) is 46.1 Å². The fourth-order valence-corrected chi connectivity index (χ4v) is 4.47. The van der Waals surface area contributed by atoms with E-state index in [9.17, 15) is 19.5 Å². The van der Waals surface area contributed by atoms with Crippen LogP contribution in [0.3, 0.4) is 0 Å². The van der Waals surface area contributed by atoms with E-state index in [0.717, 1.165) is 24.8 Å². The number of unbranched alkanes of at least 4 members (excludes halogenated alkanes) is 3. The first-order valence-corrected chi connectivity index (χ1v) is 13.8. The topological polar surface area (TPSA) is 108 Å². The fourth-order valence-electron chi connectivity index (χ4n) is 4.21. The Morgan fingerprint density at radius 2 is 1.67 bits per heavy atom. The van der Waals surface area contributed by atoms with Gasteiger partial charge in [0.15, 0.2) is 0 Å². The Morgan fingerprint density at radius 1 is 1.03 bits per heavy atom. The number of carbonyl (C=O) groups excluding carboxylic acids is 3. The number of alkyl carbamates (subject to hydrolysis) is 1. The third kappa shape index (κ3) is 9.17. The van der Waals surface area contributed by atoms with E-state index in [1.54, 1.807) is 65.0 Å². The molecule has 0 saturated carbocycles. The minimum absolute atomic E-state index is 0.0763. The molecule has 2 unspecified atom stereocenters. The molecule has 0 spiro atoms. The Kier molecular flexibility index (Phi) is 11.6. The highest BCUT2D eigenvalue weighted by Crippen LogP contribution is 2.34. The van der Waals surface area contributed by atoms with Gasteiger partial charge in [-0.1, -0.05) is 68.1 Å². The van der Waals surface area contributed by atoms with Gasteiger partial charge in [-0.15, -0.1) is 0 Å². The Bertz CT molecular complexity index is 1140. The number of benzene rings is 2. The van der Waals surface area contributed by atoms with Crippen LogP contribution in [0.15, 0.2) is 36.4 Å². The summed E-state index contributed by atoms with van der Waals surface area (Å²) >= 11 is 6.40. The Morgan fingerprint density at radius 3 is 2.28 bits per heavy atom. The van der Waals surface area contributed by atoms with Crippen LogP contribution in [0.25, 0.3) is 0 Å². The molecule has 3 N–H and O–H groups in total. The number of phenolic OH excluding ortho intramolecular Hbond substituents is 1. The first-order valence-electron chi connectivity index (χ1n) is 13.4.